The summed E-state index contributed by atoms with van der Waals surface area (Å²) in [7, 11) is 4.22. The fourth-order valence-corrected chi connectivity index (χ4v) is 3.55. The highest BCUT2D eigenvalue weighted by Crippen LogP contribution is 2.17. The van der Waals surface area contributed by atoms with Gasteiger partial charge in [-0.2, -0.15) is 11.8 Å². The van der Waals surface area contributed by atoms with Gasteiger partial charge >= 0.3 is 0 Å². The summed E-state index contributed by atoms with van der Waals surface area (Å²) in [5.74, 6) is 1.13. The van der Waals surface area contributed by atoms with Crippen molar-refractivity contribution in [3.05, 3.63) is 29.1 Å². The van der Waals surface area contributed by atoms with E-state index in [4.69, 9.17) is 4.99 Å². The average Bonchev–Trinajstić information content (AvgIpc) is 2.79. The van der Waals surface area contributed by atoms with Crippen LogP contribution >= 0.6 is 23.1 Å². The molecule has 0 bridgehead atoms. The van der Waals surface area contributed by atoms with Crippen LogP contribution in [0.15, 0.2) is 29.3 Å². The summed E-state index contributed by atoms with van der Waals surface area (Å²) in [4.78, 5) is 8.19. The number of nitrogens with zero attached hydrogens (tertiary/aromatic N) is 3. The Labute approximate surface area is 129 Å². The van der Waals surface area contributed by atoms with Gasteiger partial charge in [0.05, 0.1) is 10.2 Å². The van der Waals surface area contributed by atoms with E-state index in [1.165, 1.54) is 15.0 Å². The van der Waals surface area contributed by atoms with Crippen LogP contribution in [0.5, 0.6) is 0 Å². The lowest BCUT2D eigenvalue weighted by Gasteiger charge is -2.07. The van der Waals surface area contributed by atoms with Crippen molar-refractivity contribution < 1.29 is 0 Å². The molecule has 0 spiro atoms. The molecule has 20 heavy (non-hydrogen) atoms. The summed E-state index contributed by atoms with van der Waals surface area (Å²) < 4.78 is 3.70. The highest BCUT2D eigenvalue weighted by Gasteiger charge is 2.04. The van der Waals surface area contributed by atoms with Gasteiger partial charge < -0.3 is 9.47 Å². The number of thiazole rings is 1. The van der Waals surface area contributed by atoms with Gasteiger partial charge in [-0.1, -0.05) is 23.5 Å². The first-order valence-corrected chi connectivity index (χ1v) is 9.16. The minimum absolute atomic E-state index is 0.907. The van der Waals surface area contributed by atoms with E-state index in [2.05, 4.69) is 54.1 Å². The number of aromatic nitrogens is 1. The van der Waals surface area contributed by atoms with E-state index in [0.29, 0.717) is 0 Å². The van der Waals surface area contributed by atoms with Gasteiger partial charge in [0.1, 0.15) is 0 Å². The number of hydrogen-bond acceptors (Lipinski definition) is 4. The topological polar surface area (TPSA) is 20.5 Å². The van der Waals surface area contributed by atoms with E-state index in [0.717, 1.165) is 31.8 Å². The number of fused-ring (bicyclic) bond motifs is 1. The Balaban J connectivity index is 2.23. The van der Waals surface area contributed by atoms with Gasteiger partial charge in [-0.25, -0.2) is 0 Å². The molecule has 0 aliphatic rings. The molecule has 2 aromatic rings. The van der Waals surface area contributed by atoms with Crippen LogP contribution in [0.2, 0.25) is 0 Å². The molecule has 0 aliphatic carbocycles. The van der Waals surface area contributed by atoms with E-state index in [-0.39, 0.29) is 0 Å². The molecule has 1 aromatic heterocycles. The van der Waals surface area contributed by atoms with Crippen molar-refractivity contribution in [1.82, 2.24) is 9.47 Å². The van der Waals surface area contributed by atoms with E-state index in [1.807, 2.05) is 11.8 Å². The third-order valence-corrected chi connectivity index (χ3v) is 4.81. The first-order chi connectivity index (χ1) is 9.72. The largest absolute Gasteiger partial charge is 0.316 e. The molecule has 0 N–H and O–H groups in total. The molecular weight excluding hydrogens is 286 g/mol. The average molecular weight is 310 g/mol. The monoisotopic (exact) mass is 309 g/mol. The lowest BCUT2D eigenvalue weighted by atomic mass is 10.3. The fraction of sp³-hybridized carbons (Fsp3) is 0.533. The van der Waals surface area contributed by atoms with Gasteiger partial charge in [-0.05, 0) is 45.4 Å². The van der Waals surface area contributed by atoms with Crippen molar-refractivity contribution in [2.45, 2.75) is 13.0 Å². The Kier molecular flexibility index (Phi) is 6.13. The van der Waals surface area contributed by atoms with Crippen molar-refractivity contribution in [3.63, 3.8) is 0 Å². The van der Waals surface area contributed by atoms with Gasteiger partial charge in [0.15, 0.2) is 4.80 Å². The smallest absolute Gasteiger partial charge is 0.185 e. The van der Waals surface area contributed by atoms with E-state index >= 15 is 0 Å². The van der Waals surface area contributed by atoms with Gasteiger partial charge in [0, 0.05) is 18.8 Å². The Bertz CT molecular complexity index is 598. The van der Waals surface area contributed by atoms with Crippen LogP contribution in [0.3, 0.4) is 0 Å². The standard InChI is InChI=1S/C15H23N3S2/c1-17(2)10-6-9-16-15-18(11-12-19-3)13-7-4-5-8-14(13)20-15/h4-5,7-8H,6,9-12H2,1-3H3. The third-order valence-electron chi connectivity index (χ3n) is 3.12. The molecule has 0 saturated heterocycles. The van der Waals surface area contributed by atoms with E-state index < -0.39 is 0 Å². The van der Waals surface area contributed by atoms with Gasteiger partial charge in [-0.15, -0.1) is 0 Å². The molecule has 2 rings (SSSR count). The number of thioether (sulfide) groups is 1. The Morgan fingerprint density at radius 3 is 2.85 bits per heavy atom. The van der Waals surface area contributed by atoms with Crippen LogP contribution in [0.4, 0.5) is 0 Å². The van der Waals surface area contributed by atoms with Gasteiger partial charge in [0.25, 0.3) is 0 Å². The summed E-state index contributed by atoms with van der Waals surface area (Å²) in [6.07, 6.45) is 3.27. The molecule has 0 saturated carbocycles. The molecule has 110 valence electrons. The highest BCUT2D eigenvalue weighted by molar-refractivity contribution is 7.98. The minimum Gasteiger partial charge on any atom is -0.316 e. The number of rotatable bonds is 7. The zero-order valence-electron chi connectivity index (χ0n) is 12.5. The normalized spacial score (nSPS) is 12.7. The summed E-state index contributed by atoms with van der Waals surface area (Å²) >= 11 is 3.69. The molecule has 0 unspecified atom stereocenters. The maximum atomic E-state index is 4.81. The molecule has 0 radical (unpaired) electrons. The van der Waals surface area contributed by atoms with Crippen LogP contribution < -0.4 is 4.80 Å². The Morgan fingerprint density at radius 1 is 1.30 bits per heavy atom. The van der Waals surface area contributed by atoms with Crippen LogP contribution in [0.1, 0.15) is 6.42 Å². The number of hydrogen-bond donors (Lipinski definition) is 0. The second kappa shape index (κ2) is 7.86. The summed E-state index contributed by atoms with van der Waals surface area (Å²) in [6, 6.07) is 8.60. The summed E-state index contributed by atoms with van der Waals surface area (Å²) in [5.41, 5.74) is 1.32. The number of benzene rings is 1. The summed E-state index contributed by atoms with van der Waals surface area (Å²) in [5, 5.41) is 0. The van der Waals surface area contributed by atoms with Crippen molar-refractivity contribution in [3.8, 4) is 0 Å². The molecule has 5 heteroatoms. The van der Waals surface area contributed by atoms with E-state index in [1.54, 1.807) is 11.3 Å². The Hall–Kier alpha value is -0.780. The quantitative estimate of drug-likeness (QED) is 0.733. The number of aryl methyl sites for hydroxylation is 1. The molecule has 0 fully saturated rings. The SMILES string of the molecule is CSCCn1c(=NCCCN(C)C)sc2ccccc21. The third kappa shape index (κ3) is 4.11. The number of para-hydroxylation sites is 1. The van der Waals surface area contributed by atoms with Crippen LogP contribution in [0.25, 0.3) is 10.2 Å². The van der Waals surface area contributed by atoms with Gasteiger partial charge in [0.2, 0.25) is 0 Å². The van der Waals surface area contributed by atoms with Gasteiger partial charge in [-0.3, -0.25) is 4.99 Å². The first kappa shape index (κ1) is 15.6. The maximum absolute atomic E-state index is 4.81. The highest BCUT2D eigenvalue weighted by atomic mass is 32.2. The molecule has 0 atom stereocenters. The first-order valence-electron chi connectivity index (χ1n) is 6.95. The van der Waals surface area contributed by atoms with Crippen LogP contribution in [-0.2, 0) is 6.54 Å². The molecule has 1 aromatic carbocycles. The zero-order valence-corrected chi connectivity index (χ0v) is 14.1. The molecule has 0 aliphatic heterocycles. The second-order valence-corrected chi connectivity index (χ2v) is 7.03. The molecule has 3 nitrogen and oxygen atoms in total. The lowest BCUT2D eigenvalue weighted by molar-refractivity contribution is 0.402. The summed E-state index contributed by atoms with van der Waals surface area (Å²) in [6.45, 7) is 3.04. The fourth-order valence-electron chi connectivity index (χ4n) is 2.10. The van der Waals surface area contributed by atoms with Crippen molar-refractivity contribution in [2.24, 2.45) is 4.99 Å². The zero-order chi connectivity index (χ0) is 14.4. The minimum atomic E-state index is 0.907. The molecular formula is C15H23N3S2. The maximum Gasteiger partial charge on any atom is 0.185 e. The van der Waals surface area contributed by atoms with Crippen molar-refractivity contribution >= 4 is 33.3 Å². The van der Waals surface area contributed by atoms with Crippen LogP contribution in [0, 0.1) is 0 Å². The van der Waals surface area contributed by atoms with E-state index in [9.17, 15) is 0 Å². The molecule has 1 heterocycles. The second-order valence-electron chi connectivity index (χ2n) is 5.04. The predicted molar refractivity (Wildman–Crippen MR) is 91.8 cm³/mol. The van der Waals surface area contributed by atoms with Crippen molar-refractivity contribution in [2.75, 3.05) is 39.2 Å². The Morgan fingerprint density at radius 2 is 2.10 bits per heavy atom. The predicted octanol–water partition coefficient (Wildman–Crippen LogP) is 2.92. The van der Waals surface area contributed by atoms with Crippen molar-refractivity contribution in [1.29, 1.82) is 0 Å². The molecule has 0 amide bonds. The van der Waals surface area contributed by atoms with Crippen LogP contribution in [-0.4, -0.2) is 48.7 Å². The lowest BCUT2D eigenvalue weighted by Crippen LogP contribution is -2.18.